The van der Waals surface area contributed by atoms with Crippen LogP contribution >= 0.6 is 11.3 Å². The Morgan fingerprint density at radius 1 is 1.33 bits per heavy atom. The third-order valence-electron chi connectivity index (χ3n) is 2.32. The molecule has 1 aromatic carbocycles. The van der Waals surface area contributed by atoms with Crippen molar-refractivity contribution in [3.63, 3.8) is 0 Å². The van der Waals surface area contributed by atoms with Gasteiger partial charge in [0.2, 0.25) is 0 Å². The number of anilines is 1. The summed E-state index contributed by atoms with van der Waals surface area (Å²) in [6, 6.07) is 7.75. The fourth-order valence-corrected chi connectivity index (χ4v) is 2.07. The average Bonchev–Trinajstić information content (AvgIpc) is 2.63. The summed E-state index contributed by atoms with van der Waals surface area (Å²) in [5.41, 5.74) is 7.70. The first kappa shape index (κ1) is 9.98. The zero-order valence-electron chi connectivity index (χ0n) is 8.22. The molecule has 1 aromatic heterocycles. The zero-order chi connectivity index (χ0) is 10.7. The summed E-state index contributed by atoms with van der Waals surface area (Å²) in [6.45, 7) is 0.691. The summed E-state index contributed by atoms with van der Waals surface area (Å²) in [6.07, 6.45) is 2.61. The van der Waals surface area contributed by atoms with Crippen LogP contribution in [0.15, 0.2) is 40.6 Å². The molecule has 3 nitrogen and oxygen atoms in total. The lowest BCUT2D eigenvalue weighted by Crippen LogP contribution is -2.13. The molecule has 0 aliphatic rings. The highest BCUT2D eigenvalue weighted by Crippen LogP contribution is 2.11. The fourth-order valence-electron chi connectivity index (χ4n) is 1.46. The van der Waals surface area contributed by atoms with Crippen LogP contribution in [0.1, 0.15) is 5.56 Å². The van der Waals surface area contributed by atoms with Crippen LogP contribution in [0.2, 0.25) is 0 Å². The second-order valence-corrected chi connectivity index (χ2v) is 4.17. The molecule has 0 fully saturated rings. The maximum absolute atomic E-state index is 11.3. The Bertz CT molecular complexity index is 501. The number of aromatic nitrogens is 1. The van der Waals surface area contributed by atoms with Crippen molar-refractivity contribution in [1.82, 2.24) is 4.57 Å². The van der Waals surface area contributed by atoms with Crippen molar-refractivity contribution >= 4 is 17.0 Å². The van der Waals surface area contributed by atoms with E-state index in [4.69, 9.17) is 5.73 Å². The van der Waals surface area contributed by atoms with E-state index in [0.29, 0.717) is 6.54 Å². The van der Waals surface area contributed by atoms with Gasteiger partial charge in [0.25, 0.3) is 0 Å². The van der Waals surface area contributed by atoms with Crippen molar-refractivity contribution in [2.45, 2.75) is 13.0 Å². The first-order valence-electron chi connectivity index (χ1n) is 4.74. The first-order valence-corrected chi connectivity index (χ1v) is 5.62. The lowest BCUT2D eigenvalue weighted by atomic mass is 10.1. The third-order valence-corrected chi connectivity index (χ3v) is 3.02. The average molecular weight is 220 g/mol. The molecule has 78 valence electrons. The van der Waals surface area contributed by atoms with Gasteiger partial charge in [-0.3, -0.25) is 4.79 Å². The second-order valence-electron chi connectivity index (χ2n) is 3.31. The Kier molecular flexibility index (Phi) is 2.87. The van der Waals surface area contributed by atoms with Crippen molar-refractivity contribution < 1.29 is 0 Å². The van der Waals surface area contributed by atoms with E-state index in [-0.39, 0.29) is 4.87 Å². The van der Waals surface area contributed by atoms with E-state index < -0.39 is 0 Å². The predicted octanol–water partition coefficient (Wildman–Crippen LogP) is 1.73. The molecule has 0 bridgehead atoms. The molecule has 0 atom stereocenters. The number of para-hydroxylation sites is 1. The number of nitrogen functional groups attached to an aromatic ring is 1. The quantitative estimate of drug-likeness (QED) is 0.801. The molecule has 2 aromatic rings. The number of thiazole rings is 1. The van der Waals surface area contributed by atoms with Crippen molar-refractivity contribution in [2.75, 3.05) is 5.73 Å². The van der Waals surface area contributed by atoms with Gasteiger partial charge in [-0.15, -0.1) is 0 Å². The lowest BCUT2D eigenvalue weighted by Gasteiger charge is -2.04. The van der Waals surface area contributed by atoms with Gasteiger partial charge in [0.1, 0.15) is 0 Å². The van der Waals surface area contributed by atoms with Gasteiger partial charge >= 0.3 is 4.87 Å². The van der Waals surface area contributed by atoms with Crippen LogP contribution < -0.4 is 10.6 Å². The summed E-state index contributed by atoms with van der Waals surface area (Å²) in [5.74, 6) is 0. The Labute approximate surface area is 91.8 Å². The number of aryl methyl sites for hydroxylation is 2. The van der Waals surface area contributed by atoms with Crippen LogP contribution in [0.3, 0.4) is 0 Å². The molecule has 15 heavy (non-hydrogen) atoms. The summed E-state index contributed by atoms with van der Waals surface area (Å²) < 4.78 is 1.71. The molecule has 0 amide bonds. The van der Waals surface area contributed by atoms with Crippen LogP contribution in [0.25, 0.3) is 0 Å². The largest absolute Gasteiger partial charge is 0.399 e. The number of hydrogen-bond acceptors (Lipinski definition) is 3. The first-order chi connectivity index (χ1) is 7.27. The molecule has 0 spiro atoms. The number of nitrogens with two attached hydrogens (primary N) is 1. The summed E-state index contributed by atoms with van der Waals surface area (Å²) >= 11 is 1.22. The minimum Gasteiger partial charge on any atom is -0.399 e. The molecule has 4 heteroatoms. The minimum atomic E-state index is 0.0875. The highest BCUT2D eigenvalue weighted by atomic mass is 32.1. The van der Waals surface area contributed by atoms with Gasteiger partial charge in [0, 0.05) is 23.8 Å². The molecule has 0 radical (unpaired) electrons. The van der Waals surface area contributed by atoms with E-state index in [0.717, 1.165) is 17.7 Å². The van der Waals surface area contributed by atoms with Gasteiger partial charge < -0.3 is 10.3 Å². The molecular weight excluding hydrogens is 208 g/mol. The molecule has 1 heterocycles. The lowest BCUT2D eigenvalue weighted by molar-refractivity contribution is 0.687. The van der Waals surface area contributed by atoms with E-state index in [2.05, 4.69) is 0 Å². The van der Waals surface area contributed by atoms with E-state index in [1.807, 2.05) is 30.5 Å². The van der Waals surface area contributed by atoms with Gasteiger partial charge in [-0.1, -0.05) is 29.5 Å². The molecule has 0 saturated carbocycles. The maximum Gasteiger partial charge on any atom is 0.307 e. The van der Waals surface area contributed by atoms with E-state index in [9.17, 15) is 4.79 Å². The maximum atomic E-state index is 11.3. The number of nitrogens with zero attached hydrogens (tertiary/aromatic N) is 1. The van der Waals surface area contributed by atoms with Crippen LogP contribution in [-0.4, -0.2) is 4.57 Å². The van der Waals surface area contributed by atoms with Crippen LogP contribution in [0.5, 0.6) is 0 Å². The van der Waals surface area contributed by atoms with Crippen molar-refractivity contribution in [3.8, 4) is 0 Å². The molecule has 0 aliphatic heterocycles. The minimum absolute atomic E-state index is 0.0875. The molecule has 2 rings (SSSR count). The third kappa shape index (κ3) is 2.27. The van der Waals surface area contributed by atoms with Crippen LogP contribution in [-0.2, 0) is 13.0 Å². The molecule has 0 unspecified atom stereocenters. The Hall–Kier alpha value is -1.55. The molecule has 0 aliphatic carbocycles. The topological polar surface area (TPSA) is 48.0 Å². The van der Waals surface area contributed by atoms with E-state index >= 15 is 0 Å². The molecule has 2 N–H and O–H groups in total. The smallest absolute Gasteiger partial charge is 0.307 e. The van der Waals surface area contributed by atoms with Gasteiger partial charge in [-0.25, -0.2) is 0 Å². The van der Waals surface area contributed by atoms with Gasteiger partial charge in [0.15, 0.2) is 0 Å². The zero-order valence-corrected chi connectivity index (χ0v) is 9.04. The van der Waals surface area contributed by atoms with Gasteiger partial charge in [0.05, 0.1) is 0 Å². The highest BCUT2D eigenvalue weighted by molar-refractivity contribution is 7.07. The Morgan fingerprint density at radius 3 is 2.80 bits per heavy atom. The van der Waals surface area contributed by atoms with Gasteiger partial charge in [-0.05, 0) is 18.1 Å². The highest BCUT2D eigenvalue weighted by Gasteiger charge is 2.00. The SMILES string of the molecule is Nc1ccccc1CCn1ccsc1=O. The van der Waals surface area contributed by atoms with E-state index in [1.165, 1.54) is 11.3 Å². The summed E-state index contributed by atoms with van der Waals surface area (Å²) in [7, 11) is 0. The van der Waals surface area contributed by atoms with Gasteiger partial charge in [-0.2, -0.15) is 0 Å². The van der Waals surface area contributed by atoms with E-state index in [1.54, 1.807) is 9.95 Å². The van der Waals surface area contributed by atoms with Crippen LogP contribution in [0.4, 0.5) is 5.69 Å². The van der Waals surface area contributed by atoms with Crippen molar-refractivity contribution in [2.24, 2.45) is 0 Å². The van der Waals surface area contributed by atoms with Crippen molar-refractivity contribution in [3.05, 3.63) is 51.1 Å². The van der Waals surface area contributed by atoms with Crippen molar-refractivity contribution in [1.29, 1.82) is 0 Å². The second kappa shape index (κ2) is 4.31. The Balaban J connectivity index is 2.09. The number of benzene rings is 1. The predicted molar refractivity (Wildman–Crippen MR) is 63.1 cm³/mol. The molecule has 0 saturated heterocycles. The monoisotopic (exact) mass is 220 g/mol. The standard InChI is InChI=1S/C11H12N2OS/c12-10-4-2-1-3-9(10)5-6-13-7-8-15-11(13)14/h1-4,7-8H,5-6,12H2. The number of hydrogen-bond donors (Lipinski definition) is 1. The molecular formula is C11H12N2OS. The normalized spacial score (nSPS) is 10.4. The summed E-state index contributed by atoms with van der Waals surface area (Å²) in [4.78, 5) is 11.4. The summed E-state index contributed by atoms with van der Waals surface area (Å²) in [5, 5.41) is 1.80. The van der Waals surface area contributed by atoms with Crippen LogP contribution in [0, 0.1) is 0 Å². The Morgan fingerprint density at radius 2 is 2.13 bits per heavy atom. The number of rotatable bonds is 3. The fraction of sp³-hybridized carbons (Fsp3) is 0.182.